The summed E-state index contributed by atoms with van der Waals surface area (Å²) in [7, 11) is 0. The third-order valence-electron chi connectivity index (χ3n) is 5.61. The van der Waals surface area contributed by atoms with Crippen LogP contribution < -0.4 is 0 Å². The summed E-state index contributed by atoms with van der Waals surface area (Å²) in [5.74, 6) is 1.37. The Kier molecular flexibility index (Phi) is 3.57. The maximum atomic E-state index is 10.9. The van der Waals surface area contributed by atoms with Gasteiger partial charge in [-0.25, -0.2) is 4.98 Å². The lowest BCUT2D eigenvalue weighted by atomic mass is 9.71. The minimum atomic E-state index is -0.329. The Balaban J connectivity index is 1.54. The smallest absolute Gasteiger partial charge is 0.120 e. The maximum absolute atomic E-state index is 10.9. The fraction of sp³-hybridized carbons (Fsp3) is 0.722. The first-order valence-corrected chi connectivity index (χ1v) is 9.48. The molecule has 2 aromatic rings. The number of aromatic nitrogens is 2. The summed E-state index contributed by atoms with van der Waals surface area (Å²) >= 11 is 1.83. The van der Waals surface area contributed by atoms with Gasteiger partial charge in [0.05, 0.1) is 18.0 Å². The van der Waals surface area contributed by atoms with Gasteiger partial charge in [-0.1, -0.05) is 13.8 Å². The van der Waals surface area contributed by atoms with E-state index in [4.69, 9.17) is 0 Å². The van der Waals surface area contributed by atoms with E-state index in [-0.39, 0.29) is 6.10 Å². The van der Waals surface area contributed by atoms with Gasteiger partial charge in [0.15, 0.2) is 0 Å². The summed E-state index contributed by atoms with van der Waals surface area (Å²) in [4.78, 5) is 6.85. The van der Waals surface area contributed by atoms with Gasteiger partial charge in [-0.3, -0.25) is 4.40 Å². The van der Waals surface area contributed by atoms with Gasteiger partial charge in [0.25, 0.3) is 0 Å². The number of aliphatic hydroxyl groups excluding tert-OH is 1. The van der Waals surface area contributed by atoms with Crippen LogP contribution in [0.1, 0.15) is 81.4 Å². The third-order valence-corrected chi connectivity index (χ3v) is 6.88. The Morgan fingerprint density at radius 3 is 2.73 bits per heavy atom. The summed E-state index contributed by atoms with van der Waals surface area (Å²) < 4.78 is 2.13. The molecule has 0 aliphatic heterocycles. The van der Waals surface area contributed by atoms with Crippen LogP contribution in [0.5, 0.6) is 0 Å². The second-order valence-electron chi connectivity index (χ2n) is 8.09. The van der Waals surface area contributed by atoms with Crippen LogP contribution in [0.3, 0.4) is 0 Å². The Hall–Kier alpha value is -0.870. The fourth-order valence-electron chi connectivity index (χ4n) is 3.91. The highest BCUT2D eigenvalue weighted by molar-refractivity contribution is 7.17. The van der Waals surface area contributed by atoms with Crippen LogP contribution >= 0.6 is 11.3 Å². The number of nitrogens with zero attached hydrogens (tertiary/aromatic N) is 2. The Morgan fingerprint density at radius 2 is 2.05 bits per heavy atom. The molecule has 2 aromatic heterocycles. The molecule has 2 aliphatic rings. The molecular weight excluding hydrogens is 292 g/mol. The average molecular weight is 318 g/mol. The molecule has 0 amide bonds. The van der Waals surface area contributed by atoms with Crippen LogP contribution in [-0.4, -0.2) is 14.5 Å². The van der Waals surface area contributed by atoms with E-state index in [0.29, 0.717) is 17.3 Å². The molecule has 0 radical (unpaired) electrons. The van der Waals surface area contributed by atoms with Crippen LogP contribution in [0.15, 0.2) is 12.5 Å². The van der Waals surface area contributed by atoms with Gasteiger partial charge >= 0.3 is 0 Å². The molecule has 1 atom stereocenters. The monoisotopic (exact) mass is 318 g/mol. The summed E-state index contributed by atoms with van der Waals surface area (Å²) in [5.41, 5.74) is 1.64. The molecule has 22 heavy (non-hydrogen) atoms. The summed E-state index contributed by atoms with van der Waals surface area (Å²) in [6.07, 6.45) is 12.1. The summed E-state index contributed by atoms with van der Waals surface area (Å²) in [5, 5.41) is 10.9. The Labute approximate surface area is 136 Å². The average Bonchev–Trinajstić information content (AvgIpc) is 3.10. The van der Waals surface area contributed by atoms with Crippen molar-refractivity contribution in [2.45, 2.75) is 70.8 Å². The van der Waals surface area contributed by atoms with E-state index in [1.165, 1.54) is 48.2 Å². The van der Waals surface area contributed by atoms with E-state index >= 15 is 0 Å². The summed E-state index contributed by atoms with van der Waals surface area (Å²) in [6.45, 7) is 4.75. The van der Waals surface area contributed by atoms with Crippen LogP contribution in [-0.2, 0) is 0 Å². The highest BCUT2D eigenvalue weighted by Gasteiger charge is 2.34. The molecule has 3 nitrogen and oxygen atoms in total. The fourth-order valence-corrected chi connectivity index (χ4v) is 5.23. The Morgan fingerprint density at radius 1 is 1.32 bits per heavy atom. The molecular formula is C18H26N2OS. The van der Waals surface area contributed by atoms with E-state index in [9.17, 15) is 5.11 Å². The molecule has 2 aliphatic carbocycles. The van der Waals surface area contributed by atoms with Crippen LogP contribution in [0.4, 0.5) is 0 Å². The van der Waals surface area contributed by atoms with Gasteiger partial charge in [0.2, 0.25) is 0 Å². The van der Waals surface area contributed by atoms with Crippen LogP contribution in [0, 0.1) is 11.3 Å². The largest absolute Gasteiger partial charge is 0.387 e. The molecule has 120 valence electrons. The molecule has 0 spiro atoms. The second kappa shape index (κ2) is 5.34. The molecule has 2 saturated carbocycles. The van der Waals surface area contributed by atoms with Crippen molar-refractivity contribution in [1.82, 2.24) is 9.38 Å². The number of aliphatic hydroxyl groups is 1. The van der Waals surface area contributed by atoms with Crippen molar-refractivity contribution in [1.29, 1.82) is 0 Å². The van der Waals surface area contributed by atoms with Gasteiger partial charge in [-0.2, -0.15) is 0 Å². The highest BCUT2D eigenvalue weighted by Crippen LogP contribution is 2.48. The van der Waals surface area contributed by atoms with Crippen molar-refractivity contribution in [3.63, 3.8) is 0 Å². The number of imidazole rings is 1. The molecule has 1 unspecified atom stereocenters. The molecule has 2 fully saturated rings. The van der Waals surface area contributed by atoms with Gasteiger partial charge in [-0.05, 0) is 62.2 Å². The minimum absolute atomic E-state index is 0.329. The quantitative estimate of drug-likeness (QED) is 0.869. The van der Waals surface area contributed by atoms with Gasteiger partial charge in [-0.15, -0.1) is 11.3 Å². The van der Waals surface area contributed by atoms with Gasteiger partial charge in [0.1, 0.15) is 11.2 Å². The van der Waals surface area contributed by atoms with Crippen LogP contribution in [0.2, 0.25) is 0 Å². The van der Waals surface area contributed by atoms with E-state index in [0.717, 1.165) is 12.1 Å². The summed E-state index contributed by atoms with van der Waals surface area (Å²) in [6, 6.07) is 0. The predicted molar refractivity (Wildman–Crippen MR) is 90.4 cm³/mol. The highest BCUT2D eigenvalue weighted by atomic mass is 32.1. The number of hydrogen-bond donors (Lipinski definition) is 1. The maximum Gasteiger partial charge on any atom is 0.120 e. The van der Waals surface area contributed by atoms with E-state index < -0.39 is 0 Å². The molecule has 4 rings (SSSR count). The van der Waals surface area contributed by atoms with Crippen molar-refractivity contribution in [2.24, 2.45) is 11.3 Å². The van der Waals surface area contributed by atoms with E-state index in [1.807, 2.05) is 23.9 Å². The standard InChI is InChI=1S/C18H26N2OS/c1-18(2)7-5-12(6-8-18)9-14(21)16-17(13-3-4-13)22-15-10-19-11-20(15)16/h10-14,21H,3-9H2,1-2H3. The van der Waals surface area contributed by atoms with E-state index in [1.54, 1.807) is 0 Å². The first kappa shape index (κ1) is 14.7. The molecule has 0 bridgehead atoms. The lowest BCUT2D eigenvalue weighted by Gasteiger charge is -2.35. The number of rotatable bonds is 4. The zero-order valence-corrected chi connectivity index (χ0v) is 14.4. The van der Waals surface area contributed by atoms with Crippen molar-refractivity contribution < 1.29 is 5.11 Å². The zero-order valence-electron chi connectivity index (χ0n) is 13.6. The lowest BCUT2D eigenvalue weighted by Crippen LogP contribution is -2.22. The van der Waals surface area contributed by atoms with Crippen molar-refractivity contribution in [3.8, 4) is 0 Å². The van der Waals surface area contributed by atoms with Crippen molar-refractivity contribution in [3.05, 3.63) is 23.1 Å². The normalized spacial score (nSPS) is 24.0. The number of fused-ring (bicyclic) bond motifs is 1. The number of hydrogen-bond acceptors (Lipinski definition) is 3. The molecule has 4 heteroatoms. The van der Waals surface area contributed by atoms with Crippen molar-refractivity contribution in [2.75, 3.05) is 0 Å². The lowest BCUT2D eigenvalue weighted by molar-refractivity contribution is 0.103. The molecule has 2 heterocycles. The SMILES string of the molecule is CC1(C)CCC(CC(O)c2c(C3CC3)sc3cncn23)CC1. The van der Waals surface area contributed by atoms with Gasteiger partial charge < -0.3 is 5.11 Å². The van der Waals surface area contributed by atoms with E-state index in [2.05, 4.69) is 23.2 Å². The van der Waals surface area contributed by atoms with Crippen molar-refractivity contribution >= 4 is 16.2 Å². The number of thiazole rings is 1. The van der Waals surface area contributed by atoms with Gasteiger partial charge in [0, 0.05) is 4.88 Å². The first-order chi connectivity index (χ1) is 10.5. The minimum Gasteiger partial charge on any atom is -0.387 e. The zero-order chi connectivity index (χ0) is 15.3. The topological polar surface area (TPSA) is 37.5 Å². The molecule has 0 aromatic carbocycles. The molecule has 0 saturated heterocycles. The third kappa shape index (κ3) is 2.71. The van der Waals surface area contributed by atoms with Crippen LogP contribution in [0.25, 0.3) is 4.83 Å². The second-order valence-corrected chi connectivity index (χ2v) is 9.15. The predicted octanol–water partition coefficient (Wildman–Crippen LogP) is 4.91. The Bertz CT molecular complexity index is 658. The molecule has 1 N–H and O–H groups in total. The first-order valence-electron chi connectivity index (χ1n) is 8.66.